The van der Waals surface area contributed by atoms with Gasteiger partial charge in [-0.15, -0.1) is 0 Å². The van der Waals surface area contributed by atoms with E-state index in [-0.39, 0.29) is 5.75 Å². The molecule has 3 rings (SSSR count). The molecule has 1 nitrogen and oxygen atoms in total. The first-order chi connectivity index (χ1) is 12.1. The summed E-state index contributed by atoms with van der Waals surface area (Å²) in [5, 5.41) is 0. The van der Waals surface area contributed by atoms with Crippen molar-refractivity contribution in [2.45, 2.75) is 65.2 Å². The Morgan fingerprint density at radius 2 is 1.72 bits per heavy atom. The molecule has 0 N–H and O–H groups in total. The van der Waals surface area contributed by atoms with Crippen LogP contribution in [0.3, 0.4) is 0 Å². The highest BCUT2D eigenvalue weighted by molar-refractivity contribution is 5.67. The second-order valence-electron chi connectivity index (χ2n) is 7.63. The molecular formula is C22H30F2O. The molecule has 0 amide bonds. The van der Waals surface area contributed by atoms with Gasteiger partial charge in [0.15, 0.2) is 11.6 Å². The number of hydrogen-bond acceptors (Lipinski definition) is 1. The summed E-state index contributed by atoms with van der Waals surface area (Å²) in [6, 6.07) is 3.22. The van der Waals surface area contributed by atoms with Crippen LogP contribution >= 0.6 is 0 Å². The van der Waals surface area contributed by atoms with Crippen molar-refractivity contribution in [3.8, 4) is 5.75 Å². The average molecular weight is 348 g/mol. The highest BCUT2D eigenvalue weighted by Gasteiger charge is 2.29. The molecule has 0 spiro atoms. The van der Waals surface area contributed by atoms with Gasteiger partial charge in [-0.3, -0.25) is 0 Å². The highest BCUT2D eigenvalue weighted by Crippen LogP contribution is 2.42. The Kier molecular flexibility index (Phi) is 6.14. The van der Waals surface area contributed by atoms with Crippen molar-refractivity contribution >= 4 is 5.57 Å². The molecule has 1 aromatic rings. The van der Waals surface area contributed by atoms with Crippen molar-refractivity contribution in [1.29, 1.82) is 0 Å². The fourth-order valence-corrected chi connectivity index (χ4v) is 4.64. The molecule has 0 aromatic heterocycles. The van der Waals surface area contributed by atoms with Crippen molar-refractivity contribution in [3.63, 3.8) is 0 Å². The molecule has 1 saturated carbocycles. The molecule has 1 fully saturated rings. The molecule has 3 heteroatoms. The quantitative estimate of drug-likeness (QED) is 0.571. The van der Waals surface area contributed by atoms with Gasteiger partial charge in [0.2, 0.25) is 5.82 Å². The Hall–Kier alpha value is -1.38. The summed E-state index contributed by atoms with van der Waals surface area (Å²) >= 11 is 0. The molecule has 1 atom stereocenters. The van der Waals surface area contributed by atoms with Gasteiger partial charge >= 0.3 is 0 Å². The lowest BCUT2D eigenvalue weighted by atomic mass is 9.70. The summed E-state index contributed by atoms with van der Waals surface area (Å²) < 4.78 is 33.7. The number of rotatable bonds is 5. The lowest BCUT2D eigenvalue weighted by Gasteiger charge is -2.35. The minimum atomic E-state index is -0.861. The third-order valence-electron chi connectivity index (χ3n) is 6.28. The second-order valence-corrected chi connectivity index (χ2v) is 7.63. The van der Waals surface area contributed by atoms with Crippen LogP contribution in [0.5, 0.6) is 5.75 Å². The summed E-state index contributed by atoms with van der Waals surface area (Å²) in [7, 11) is 0. The first-order valence-corrected chi connectivity index (χ1v) is 9.94. The Morgan fingerprint density at radius 3 is 2.32 bits per heavy atom. The van der Waals surface area contributed by atoms with Crippen LogP contribution in [0, 0.1) is 29.4 Å². The highest BCUT2D eigenvalue weighted by atomic mass is 19.2. The van der Waals surface area contributed by atoms with E-state index in [1.165, 1.54) is 32.1 Å². The normalized spacial score (nSPS) is 27.0. The van der Waals surface area contributed by atoms with E-state index >= 15 is 0 Å². The van der Waals surface area contributed by atoms with Gasteiger partial charge in [0.05, 0.1) is 6.61 Å². The Balaban J connectivity index is 1.66. The van der Waals surface area contributed by atoms with Crippen LogP contribution in [0.25, 0.3) is 5.57 Å². The van der Waals surface area contributed by atoms with Crippen LogP contribution in [0.15, 0.2) is 18.2 Å². The predicted octanol–water partition coefficient (Wildman–Crippen LogP) is 6.76. The standard InChI is InChI=1S/C22H30F2O/c1-3-15-5-7-16(8-6-15)17-9-11-18(12-10-17)19-13-14-20(25-4-2)22(24)21(19)23/h11,13-17H,3-10,12H2,1-2H3. The maximum atomic E-state index is 14.4. The molecule has 1 unspecified atom stereocenters. The van der Waals surface area contributed by atoms with Crippen LogP contribution in [-0.2, 0) is 0 Å². The van der Waals surface area contributed by atoms with Gasteiger partial charge in [-0.25, -0.2) is 4.39 Å². The molecule has 0 heterocycles. The molecule has 0 aliphatic heterocycles. The molecule has 2 aliphatic carbocycles. The summed E-state index contributed by atoms with van der Waals surface area (Å²) in [6.45, 7) is 4.40. The fraction of sp³-hybridized carbons (Fsp3) is 0.636. The van der Waals surface area contributed by atoms with Gasteiger partial charge in [-0.2, -0.15) is 4.39 Å². The van der Waals surface area contributed by atoms with Gasteiger partial charge in [0.25, 0.3) is 0 Å². The first kappa shape index (κ1) is 18.4. The van der Waals surface area contributed by atoms with Crippen molar-refractivity contribution in [1.82, 2.24) is 0 Å². The van der Waals surface area contributed by atoms with E-state index in [1.807, 2.05) is 0 Å². The van der Waals surface area contributed by atoms with E-state index in [0.717, 1.165) is 42.6 Å². The number of ether oxygens (including phenoxy) is 1. The minimum Gasteiger partial charge on any atom is -0.491 e. The molecular weight excluding hydrogens is 318 g/mol. The lowest BCUT2D eigenvalue weighted by molar-refractivity contribution is 0.192. The van der Waals surface area contributed by atoms with Gasteiger partial charge in [-0.1, -0.05) is 32.3 Å². The van der Waals surface area contributed by atoms with Gasteiger partial charge in [0.1, 0.15) is 0 Å². The largest absolute Gasteiger partial charge is 0.491 e. The summed E-state index contributed by atoms with van der Waals surface area (Å²) in [5.41, 5.74) is 1.37. The van der Waals surface area contributed by atoms with E-state index in [2.05, 4.69) is 13.0 Å². The third kappa shape index (κ3) is 4.07. The first-order valence-electron chi connectivity index (χ1n) is 9.94. The Morgan fingerprint density at radius 1 is 0.960 bits per heavy atom. The van der Waals surface area contributed by atoms with Gasteiger partial charge in [-0.05, 0) is 74.5 Å². The van der Waals surface area contributed by atoms with Crippen LogP contribution in [0.2, 0.25) is 0 Å². The topological polar surface area (TPSA) is 9.23 Å². The molecule has 2 aliphatic rings. The summed E-state index contributed by atoms with van der Waals surface area (Å²) in [5.74, 6) is 0.844. The molecule has 1 aromatic carbocycles. The van der Waals surface area contributed by atoms with E-state index in [1.54, 1.807) is 19.1 Å². The van der Waals surface area contributed by atoms with Crippen LogP contribution in [0.1, 0.15) is 70.8 Å². The Bertz CT molecular complexity index is 615. The number of hydrogen-bond donors (Lipinski definition) is 0. The molecule has 25 heavy (non-hydrogen) atoms. The zero-order chi connectivity index (χ0) is 17.8. The zero-order valence-corrected chi connectivity index (χ0v) is 15.5. The van der Waals surface area contributed by atoms with Crippen LogP contribution in [0.4, 0.5) is 8.78 Å². The fourth-order valence-electron chi connectivity index (χ4n) is 4.64. The van der Waals surface area contributed by atoms with Crippen molar-refractivity contribution in [3.05, 3.63) is 35.4 Å². The maximum Gasteiger partial charge on any atom is 0.201 e. The minimum absolute atomic E-state index is 0.00530. The number of benzene rings is 1. The number of allylic oxidation sites excluding steroid dienone is 2. The molecule has 0 bridgehead atoms. The maximum absolute atomic E-state index is 14.4. The zero-order valence-electron chi connectivity index (χ0n) is 15.5. The van der Waals surface area contributed by atoms with E-state index in [0.29, 0.717) is 12.2 Å². The monoisotopic (exact) mass is 348 g/mol. The smallest absolute Gasteiger partial charge is 0.201 e. The summed E-state index contributed by atoms with van der Waals surface area (Å²) in [4.78, 5) is 0. The van der Waals surface area contributed by atoms with E-state index in [4.69, 9.17) is 4.74 Å². The average Bonchev–Trinajstić information content (AvgIpc) is 2.66. The van der Waals surface area contributed by atoms with Crippen molar-refractivity contribution in [2.75, 3.05) is 6.61 Å². The Labute approximate surface area is 150 Å². The van der Waals surface area contributed by atoms with Crippen LogP contribution in [-0.4, -0.2) is 6.61 Å². The predicted molar refractivity (Wildman–Crippen MR) is 98.6 cm³/mol. The number of halogens is 2. The van der Waals surface area contributed by atoms with E-state index < -0.39 is 11.6 Å². The van der Waals surface area contributed by atoms with Crippen molar-refractivity contribution in [2.24, 2.45) is 17.8 Å². The molecule has 0 saturated heterocycles. The van der Waals surface area contributed by atoms with Gasteiger partial charge < -0.3 is 4.74 Å². The molecule has 138 valence electrons. The van der Waals surface area contributed by atoms with Crippen LogP contribution < -0.4 is 4.74 Å². The third-order valence-corrected chi connectivity index (χ3v) is 6.28. The molecule has 0 radical (unpaired) electrons. The summed E-state index contributed by atoms with van der Waals surface area (Å²) in [6.07, 6.45) is 11.8. The lowest BCUT2D eigenvalue weighted by Crippen LogP contribution is -2.23. The van der Waals surface area contributed by atoms with E-state index in [9.17, 15) is 8.78 Å². The second kappa shape index (κ2) is 8.33. The SMILES string of the molecule is CCOc1ccc(C2=CCC(C3CCC(CC)CC3)CC2)c(F)c1F. The van der Waals surface area contributed by atoms with Gasteiger partial charge in [0, 0.05) is 5.56 Å². The van der Waals surface area contributed by atoms with Crippen molar-refractivity contribution < 1.29 is 13.5 Å².